The molecule has 0 N–H and O–H groups in total. The number of nitrogens with zero attached hydrogens (tertiary/aromatic N) is 3. The fraction of sp³-hybridized carbons (Fsp3) is 0.344. The second-order valence-corrected chi connectivity index (χ2v) is 11.7. The maximum Gasteiger partial charge on any atom is 0.338 e. The fourth-order valence-corrected chi connectivity index (χ4v) is 6.44. The van der Waals surface area contributed by atoms with E-state index in [9.17, 15) is 19.2 Å². The van der Waals surface area contributed by atoms with Crippen molar-refractivity contribution in [1.29, 1.82) is 0 Å². The van der Waals surface area contributed by atoms with Crippen LogP contribution in [0.15, 0.2) is 63.5 Å². The lowest BCUT2D eigenvalue weighted by Crippen LogP contribution is -2.41. The van der Waals surface area contributed by atoms with Crippen molar-refractivity contribution in [3.63, 3.8) is 0 Å². The molecule has 1 atom stereocenters. The molecule has 2 aliphatic heterocycles. The van der Waals surface area contributed by atoms with E-state index in [0.717, 1.165) is 23.4 Å². The number of methoxy groups -OCH3 is 1. The van der Waals surface area contributed by atoms with Crippen LogP contribution in [0.4, 0.5) is 5.69 Å². The largest absolute Gasteiger partial charge is 0.493 e. The fourth-order valence-electron chi connectivity index (χ4n) is 5.31. The van der Waals surface area contributed by atoms with E-state index in [4.69, 9.17) is 14.2 Å². The molecule has 0 spiro atoms. The van der Waals surface area contributed by atoms with Gasteiger partial charge in [0.2, 0.25) is 0 Å². The van der Waals surface area contributed by atoms with E-state index in [1.807, 2.05) is 45.0 Å². The minimum absolute atomic E-state index is 0.0916. The lowest BCUT2D eigenvalue weighted by Gasteiger charge is -2.25. The van der Waals surface area contributed by atoms with E-state index in [1.54, 1.807) is 30.0 Å². The van der Waals surface area contributed by atoms with Crippen LogP contribution in [0.3, 0.4) is 0 Å². The molecular weight excluding hydrogens is 570 g/mol. The molecule has 2 aliphatic rings. The number of benzene rings is 2. The monoisotopic (exact) mass is 603 g/mol. The van der Waals surface area contributed by atoms with E-state index in [1.165, 1.54) is 18.6 Å². The first kappa shape index (κ1) is 30.0. The summed E-state index contributed by atoms with van der Waals surface area (Å²) in [6.45, 7) is 9.53. The summed E-state index contributed by atoms with van der Waals surface area (Å²) < 4.78 is 18.1. The number of rotatable bonds is 8. The molecule has 0 radical (unpaired) electrons. The lowest BCUT2D eigenvalue weighted by atomic mass is 9.95. The summed E-state index contributed by atoms with van der Waals surface area (Å²) in [6, 6.07) is 11.3. The molecule has 0 bridgehead atoms. The number of hydrogen-bond donors (Lipinski definition) is 0. The van der Waals surface area contributed by atoms with Gasteiger partial charge in [-0.25, -0.2) is 9.79 Å². The Bertz CT molecular complexity index is 1850. The molecule has 0 aliphatic carbocycles. The number of para-hydroxylation sites is 1. The van der Waals surface area contributed by atoms with Crippen molar-refractivity contribution < 1.29 is 28.6 Å². The van der Waals surface area contributed by atoms with Crippen LogP contribution in [0.25, 0.3) is 5.57 Å². The number of ether oxygens (including phenoxy) is 3. The van der Waals surface area contributed by atoms with Gasteiger partial charge in [0.15, 0.2) is 16.3 Å². The van der Waals surface area contributed by atoms with Crippen LogP contribution in [0, 0.1) is 5.92 Å². The SMILES string of the molecule is CCCN1C(=O)/C(=c2\sc3n(c2=O)[C@@H](c2ccc(OC(C)=O)c(OC)c2)C(C(=O)OCC(C)C)=C(C)N=3)c2ccccc21. The number of esters is 2. The molecule has 0 unspecified atom stereocenters. The predicted octanol–water partition coefficient (Wildman–Crippen LogP) is 3.50. The van der Waals surface area contributed by atoms with Gasteiger partial charge in [-0.2, -0.15) is 0 Å². The Kier molecular flexibility index (Phi) is 8.36. The zero-order valence-corrected chi connectivity index (χ0v) is 25.7. The van der Waals surface area contributed by atoms with Gasteiger partial charge in [0.05, 0.1) is 42.3 Å². The van der Waals surface area contributed by atoms with Crippen LogP contribution in [-0.2, 0) is 19.1 Å². The Morgan fingerprint density at radius 3 is 2.51 bits per heavy atom. The van der Waals surface area contributed by atoms with E-state index >= 15 is 0 Å². The third-order valence-electron chi connectivity index (χ3n) is 7.12. The van der Waals surface area contributed by atoms with E-state index in [0.29, 0.717) is 33.7 Å². The number of thiazole rings is 1. The minimum Gasteiger partial charge on any atom is -0.493 e. The summed E-state index contributed by atoms with van der Waals surface area (Å²) in [5.74, 6) is -0.830. The Labute approximate surface area is 252 Å². The molecule has 11 heteroatoms. The van der Waals surface area contributed by atoms with Gasteiger partial charge in [-0.3, -0.25) is 19.0 Å². The van der Waals surface area contributed by atoms with Gasteiger partial charge < -0.3 is 19.1 Å². The second-order valence-electron chi connectivity index (χ2n) is 10.7. The van der Waals surface area contributed by atoms with Crippen LogP contribution in [0.5, 0.6) is 11.5 Å². The van der Waals surface area contributed by atoms with Gasteiger partial charge in [-0.15, -0.1) is 0 Å². The summed E-state index contributed by atoms with van der Waals surface area (Å²) in [6.07, 6.45) is 0.751. The number of amides is 1. The molecule has 10 nitrogen and oxygen atoms in total. The van der Waals surface area contributed by atoms with E-state index < -0.39 is 23.5 Å². The molecular formula is C32H33N3O7S. The van der Waals surface area contributed by atoms with Gasteiger partial charge in [-0.05, 0) is 43.0 Å². The summed E-state index contributed by atoms with van der Waals surface area (Å²) in [4.78, 5) is 60.0. The van der Waals surface area contributed by atoms with Crippen molar-refractivity contribution in [2.24, 2.45) is 10.9 Å². The highest BCUT2D eigenvalue weighted by atomic mass is 32.1. The van der Waals surface area contributed by atoms with Gasteiger partial charge >= 0.3 is 11.9 Å². The van der Waals surface area contributed by atoms with E-state index in [-0.39, 0.29) is 40.0 Å². The molecule has 3 aromatic rings. The summed E-state index contributed by atoms with van der Waals surface area (Å²) >= 11 is 1.11. The molecule has 1 aromatic heterocycles. The lowest BCUT2D eigenvalue weighted by molar-refractivity contribution is -0.140. The zero-order valence-electron chi connectivity index (χ0n) is 24.9. The van der Waals surface area contributed by atoms with Crippen LogP contribution >= 0.6 is 11.3 Å². The van der Waals surface area contributed by atoms with Crippen molar-refractivity contribution in [3.05, 3.63) is 84.5 Å². The van der Waals surface area contributed by atoms with Gasteiger partial charge in [0.25, 0.3) is 11.5 Å². The standard InChI is InChI=1S/C32H33N3O7S/c1-7-14-34-22-11-9-8-10-21(22)26(29(34)37)28-30(38)35-27(20-12-13-23(42-19(5)36)24(15-20)40-6)25(18(4)33-32(35)43-28)31(39)41-16-17(2)3/h8-13,15,17,27H,7,14,16H2,1-6H3/b28-26-/t27-/m0/s1. The number of anilines is 1. The number of fused-ring (bicyclic) bond motifs is 2. The number of carbonyl (C=O) groups is 3. The second kappa shape index (κ2) is 12.0. The molecule has 43 heavy (non-hydrogen) atoms. The van der Waals surface area contributed by atoms with Gasteiger partial charge in [0, 0.05) is 19.0 Å². The quantitative estimate of drug-likeness (QED) is 0.286. The van der Waals surface area contributed by atoms with Crippen molar-refractivity contribution >= 4 is 40.4 Å². The highest BCUT2D eigenvalue weighted by Gasteiger charge is 2.37. The van der Waals surface area contributed by atoms with Crippen LogP contribution in [0.1, 0.15) is 58.2 Å². The van der Waals surface area contributed by atoms with E-state index in [2.05, 4.69) is 4.99 Å². The van der Waals surface area contributed by atoms with Crippen LogP contribution in [0.2, 0.25) is 0 Å². The van der Waals surface area contributed by atoms with Crippen molar-refractivity contribution in [3.8, 4) is 11.5 Å². The molecule has 3 heterocycles. The number of allylic oxidation sites excluding steroid dienone is 1. The number of hydrogen-bond acceptors (Lipinski definition) is 9. The highest BCUT2D eigenvalue weighted by Crippen LogP contribution is 2.37. The Morgan fingerprint density at radius 1 is 1.09 bits per heavy atom. The maximum atomic E-state index is 14.4. The molecule has 2 aromatic carbocycles. The normalized spacial score (nSPS) is 17.0. The Morgan fingerprint density at radius 2 is 1.84 bits per heavy atom. The topological polar surface area (TPSA) is 117 Å². The maximum absolute atomic E-state index is 14.4. The Balaban J connectivity index is 1.77. The van der Waals surface area contributed by atoms with Crippen molar-refractivity contribution in [2.75, 3.05) is 25.2 Å². The molecule has 224 valence electrons. The predicted molar refractivity (Wildman–Crippen MR) is 162 cm³/mol. The van der Waals surface area contributed by atoms with Crippen LogP contribution in [-0.4, -0.2) is 42.7 Å². The third-order valence-corrected chi connectivity index (χ3v) is 8.17. The molecule has 0 saturated heterocycles. The minimum atomic E-state index is -0.941. The first-order valence-electron chi connectivity index (χ1n) is 14.1. The average Bonchev–Trinajstić information content (AvgIpc) is 3.43. The molecule has 0 saturated carbocycles. The molecule has 0 fully saturated rings. The van der Waals surface area contributed by atoms with Crippen molar-refractivity contribution in [1.82, 2.24) is 4.57 Å². The molecule has 1 amide bonds. The number of carbonyl (C=O) groups excluding carboxylic acids is 3. The summed E-state index contributed by atoms with van der Waals surface area (Å²) in [5, 5.41) is 0. The number of aromatic nitrogens is 1. The Hall–Kier alpha value is -4.51. The molecule has 5 rings (SSSR count). The van der Waals surface area contributed by atoms with Crippen LogP contribution < -0.4 is 29.3 Å². The summed E-state index contributed by atoms with van der Waals surface area (Å²) in [5.41, 5.74) is 2.41. The van der Waals surface area contributed by atoms with Gasteiger partial charge in [-0.1, -0.05) is 56.4 Å². The van der Waals surface area contributed by atoms with Crippen molar-refractivity contribution in [2.45, 2.75) is 47.1 Å². The van der Waals surface area contributed by atoms with Gasteiger partial charge in [0.1, 0.15) is 4.53 Å². The first-order chi connectivity index (χ1) is 20.6. The smallest absolute Gasteiger partial charge is 0.338 e. The first-order valence-corrected chi connectivity index (χ1v) is 14.9. The summed E-state index contributed by atoms with van der Waals surface area (Å²) in [7, 11) is 1.43. The third kappa shape index (κ3) is 5.40. The average molecular weight is 604 g/mol. The zero-order chi connectivity index (χ0) is 31.0. The highest BCUT2D eigenvalue weighted by molar-refractivity contribution is 7.07.